The van der Waals surface area contributed by atoms with Crippen molar-refractivity contribution in [3.05, 3.63) is 23.8 Å². The van der Waals surface area contributed by atoms with Crippen LogP contribution in [0.25, 0.3) is 0 Å². The second kappa shape index (κ2) is 9.07. The number of ketones is 1. The van der Waals surface area contributed by atoms with Crippen molar-refractivity contribution in [1.29, 1.82) is 0 Å². The lowest BCUT2D eigenvalue weighted by Gasteiger charge is -2.13. The summed E-state index contributed by atoms with van der Waals surface area (Å²) in [6.45, 7) is 3.89. The van der Waals surface area contributed by atoms with E-state index in [9.17, 15) is 14.7 Å². The van der Waals surface area contributed by atoms with E-state index in [-0.39, 0.29) is 30.3 Å². The Balaban J connectivity index is 2.33. The summed E-state index contributed by atoms with van der Waals surface area (Å²) in [6, 6.07) is 5.28. The zero-order valence-electron chi connectivity index (χ0n) is 13.4. The lowest BCUT2D eigenvalue weighted by molar-refractivity contribution is -0.145. The summed E-state index contributed by atoms with van der Waals surface area (Å²) in [7, 11) is 1.52. The van der Waals surface area contributed by atoms with E-state index in [2.05, 4.69) is 6.92 Å². The molecule has 22 heavy (non-hydrogen) atoms. The minimum Gasteiger partial charge on any atom is -0.504 e. The van der Waals surface area contributed by atoms with Gasteiger partial charge < -0.3 is 19.4 Å². The van der Waals surface area contributed by atoms with Gasteiger partial charge in [0.2, 0.25) is 0 Å². The van der Waals surface area contributed by atoms with Crippen molar-refractivity contribution in [1.82, 2.24) is 0 Å². The standard InChI is InChI=1S/C17H24O5/c1-12(8-9-22-17(20)7-4-13(2)18)10-14-5-6-15(19)16(11-14)21-3/h5-6,11-12,19H,4,7-10H2,1-3H3. The van der Waals surface area contributed by atoms with E-state index >= 15 is 0 Å². The molecule has 0 fully saturated rings. The fourth-order valence-electron chi connectivity index (χ4n) is 2.08. The number of phenols is 1. The molecule has 1 rings (SSSR count). The maximum atomic E-state index is 11.4. The maximum Gasteiger partial charge on any atom is 0.306 e. The predicted molar refractivity (Wildman–Crippen MR) is 83.0 cm³/mol. The first-order valence-electron chi connectivity index (χ1n) is 7.43. The smallest absolute Gasteiger partial charge is 0.306 e. The lowest BCUT2D eigenvalue weighted by atomic mass is 9.98. The zero-order valence-corrected chi connectivity index (χ0v) is 13.4. The third-order valence-electron chi connectivity index (χ3n) is 3.38. The van der Waals surface area contributed by atoms with Crippen LogP contribution in [0.2, 0.25) is 0 Å². The Hall–Kier alpha value is -2.04. The van der Waals surface area contributed by atoms with Gasteiger partial charge >= 0.3 is 5.97 Å². The number of aromatic hydroxyl groups is 1. The van der Waals surface area contributed by atoms with Gasteiger partial charge in [0.1, 0.15) is 5.78 Å². The highest BCUT2D eigenvalue weighted by Gasteiger charge is 2.09. The number of hydrogen-bond acceptors (Lipinski definition) is 5. The summed E-state index contributed by atoms with van der Waals surface area (Å²) >= 11 is 0. The van der Waals surface area contributed by atoms with Gasteiger partial charge in [-0.25, -0.2) is 0 Å². The largest absolute Gasteiger partial charge is 0.504 e. The van der Waals surface area contributed by atoms with Crippen LogP contribution in [0.5, 0.6) is 11.5 Å². The average molecular weight is 308 g/mol. The number of rotatable bonds is 9. The van der Waals surface area contributed by atoms with Crippen LogP contribution in [0.15, 0.2) is 18.2 Å². The number of hydrogen-bond donors (Lipinski definition) is 1. The number of carbonyl (C=O) groups excluding carboxylic acids is 2. The number of Topliss-reactive ketones (excluding diaryl/α,β-unsaturated/α-hetero) is 1. The highest BCUT2D eigenvalue weighted by molar-refractivity contribution is 5.80. The molecule has 0 aromatic heterocycles. The van der Waals surface area contributed by atoms with Gasteiger partial charge in [0.25, 0.3) is 0 Å². The summed E-state index contributed by atoms with van der Waals surface area (Å²) in [5.74, 6) is 0.578. The van der Waals surface area contributed by atoms with Crippen molar-refractivity contribution >= 4 is 11.8 Å². The molecule has 1 N–H and O–H groups in total. The van der Waals surface area contributed by atoms with Crippen LogP contribution >= 0.6 is 0 Å². The van der Waals surface area contributed by atoms with Crippen molar-refractivity contribution in [2.24, 2.45) is 5.92 Å². The third-order valence-corrected chi connectivity index (χ3v) is 3.38. The van der Waals surface area contributed by atoms with Gasteiger partial charge in [-0.05, 0) is 43.4 Å². The second-order valence-corrected chi connectivity index (χ2v) is 5.53. The summed E-state index contributed by atoms with van der Waals surface area (Å²) in [6.07, 6.45) is 1.94. The number of phenolic OH excluding ortho intramolecular Hbond substituents is 1. The van der Waals surface area contributed by atoms with E-state index in [1.165, 1.54) is 14.0 Å². The molecule has 0 aliphatic carbocycles. The molecular weight excluding hydrogens is 284 g/mol. The predicted octanol–water partition coefficient (Wildman–Crippen LogP) is 2.88. The first-order valence-corrected chi connectivity index (χ1v) is 7.43. The molecule has 0 saturated carbocycles. The Bertz CT molecular complexity index is 510. The van der Waals surface area contributed by atoms with Gasteiger partial charge in [0.15, 0.2) is 11.5 Å². The molecule has 5 heteroatoms. The molecule has 1 aromatic carbocycles. The van der Waals surface area contributed by atoms with Crippen LogP contribution < -0.4 is 4.74 Å². The highest BCUT2D eigenvalue weighted by atomic mass is 16.5. The van der Waals surface area contributed by atoms with Crippen LogP contribution in [-0.4, -0.2) is 30.6 Å². The van der Waals surface area contributed by atoms with E-state index in [0.29, 0.717) is 18.3 Å². The molecule has 5 nitrogen and oxygen atoms in total. The van der Waals surface area contributed by atoms with Gasteiger partial charge in [-0.3, -0.25) is 4.79 Å². The first kappa shape index (κ1) is 18.0. The molecule has 0 spiro atoms. The molecular formula is C17H24O5. The quantitative estimate of drug-likeness (QED) is 0.710. The molecule has 0 heterocycles. The summed E-state index contributed by atoms with van der Waals surface area (Å²) in [5.41, 5.74) is 1.06. The minimum absolute atomic E-state index is 0.00778. The minimum atomic E-state index is -0.325. The van der Waals surface area contributed by atoms with Crippen LogP contribution in [0, 0.1) is 5.92 Å². The molecule has 122 valence electrons. The number of benzene rings is 1. The van der Waals surface area contributed by atoms with Gasteiger partial charge in [-0.2, -0.15) is 0 Å². The Kier molecular flexibility index (Phi) is 7.43. The fourth-order valence-corrected chi connectivity index (χ4v) is 2.08. The van der Waals surface area contributed by atoms with Crippen molar-refractivity contribution < 1.29 is 24.2 Å². The average Bonchev–Trinajstić information content (AvgIpc) is 2.47. The van der Waals surface area contributed by atoms with Crippen LogP contribution in [0.1, 0.15) is 38.7 Å². The molecule has 0 aliphatic heterocycles. The second-order valence-electron chi connectivity index (χ2n) is 5.53. The molecule has 0 amide bonds. The molecule has 0 bridgehead atoms. The van der Waals surface area contributed by atoms with E-state index in [1.54, 1.807) is 6.07 Å². The summed E-state index contributed by atoms with van der Waals surface area (Å²) in [4.78, 5) is 22.2. The molecule has 0 saturated heterocycles. The molecule has 1 unspecified atom stereocenters. The van der Waals surface area contributed by atoms with Crippen molar-refractivity contribution in [3.63, 3.8) is 0 Å². The Morgan fingerprint density at radius 2 is 2.00 bits per heavy atom. The Labute approximate surface area is 131 Å². The maximum absolute atomic E-state index is 11.4. The summed E-state index contributed by atoms with van der Waals surface area (Å²) < 4.78 is 10.2. The van der Waals surface area contributed by atoms with E-state index in [0.717, 1.165) is 18.4 Å². The van der Waals surface area contributed by atoms with Gasteiger partial charge in [-0.15, -0.1) is 0 Å². The number of ether oxygens (including phenoxy) is 2. The van der Waals surface area contributed by atoms with Crippen molar-refractivity contribution in [3.8, 4) is 11.5 Å². The third kappa shape index (κ3) is 6.61. The molecule has 0 aliphatic rings. The van der Waals surface area contributed by atoms with Gasteiger partial charge in [0, 0.05) is 6.42 Å². The van der Waals surface area contributed by atoms with Crippen LogP contribution in [-0.2, 0) is 20.7 Å². The normalized spacial score (nSPS) is 11.8. The van der Waals surface area contributed by atoms with E-state index < -0.39 is 0 Å². The number of carbonyl (C=O) groups is 2. The van der Waals surface area contributed by atoms with Crippen molar-refractivity contribution in [2.75, 3.05) is 13.7 Å². The zero-order chi connectivity index (χ0) is 16.5. The SMILES string of the molecule is COc1cc(CC(C)CCOC(=O)CCC(C)=O)ccc1O. The Morgan fingerprint density at radius 3 is 2.64 bits per heavy atom. The monoisotopic (exact) mass is 308 g/mol. The fraction of sp³-hybridized carbons (Fsp3) is 0.529. The Morgan fingerprint density at radius 1 is 1.27 bits per heavy atom. The lowest BCUT2D eigenvalue weighted by Crippen LogP contribution is -2.11. The topological polar surface area (TPSA) is 72.8 Å². The summed E-state index contributed by atoms with van der Waals surface area (Å²) in [5, 5.41) is 9.55. The van der Waals surface area contributed by atoms with Crippen LogP contribution in [0.3, 0.4) is 0 Å². The molecule has 0 radical (unpaired) electrons. The van der Waals surface area contributed by atoms with Gasteiger partial charge in [-0.1, -0.05) is 13.0 Å². The van der Waals surface area contributed by atoms with E-state index in [4.69, 9.17) is 9.47 Å². The highest BCUT2D eigenvalue weighted by Crippen LogP contribution is 2.27. The first-order chi connectivity index (χ1) is 10.4. The van der Waals surface area contributed by atoms with Crippen LogP contribution in [0.4, 0.5) is 0 Å². The van der Waals surface area contributed by atoms with Crippen molar-refractivity contribution in [2.45, 2.75) is 39.5 Å². The number of esters is 1. The van der Waals surface area contributed by atoms with E-state index in [1.807, 2.05) is 12.1 Å². The number of methoxy groups -OCH3 is 1. The van der Waals surface area contributed by atoms with Gasteiger partial charge in [0.05, 0.1) is 20.1 Å². The molecule has 1 atom stereocenters. The molecule has 1 aromatic rings.